The molecule has 0 aromatic heterocycles. The van der Waals surface area contributed by atoms with Gasteiger partial charge in [-0.3, -0.25) is 9.08 Å². The molecule has 6 nitrogen and oxygen atoms in total. The Morgan fingerprint density at radius 1 is 1.43 bits per heavy atom. The van der Waals surface area contributed by atoms with Crippen LogP contribution in [0, 0.1) is 19.3 Å². The van der Waals surface area contributed by atoms with Gasteiger partial charge in [0.25, 0.3) is 10.1 Å². The molecule has 0 radical (unpaired) electrons. The summed E-state index contributed by atoms with van der Waals surface area (Å²) < 4.78 is 29.4. The zero-order valence-electron chi connectivity index (χ0n) is 11.4. The first-order valence-corrected chi connectivity index (χ1v) is 7.70. The molecule has 21 heavy (non-hydrogen) atoms. The van der Waals surface area contributed by atoms with Crippen LogP contribution < -0.4 is 0 Å². The zero-order valence-corrected chi connectivity index (χ0v) is 12.2. The van der Waals surface area contributed by atoms with Crippen LogP contribution in [0.25, 0.3) is 0 Å². The summed E-state index contributed by atoms with van der Waals surface area (Å²) in [5.74, 6) is 2.33. The molecule has 0 bridgehead atoms. The molecule has 1 N–H and O–H groups in total. The first kappa shape index (κ1) is 15.4. The van der Waals surface area contributed by atoms with Gasteiger partial charge in [0.1, 0.15) is 0 Å². The van der Waals surface area contributed by atoms with Gasteiger partial charge in [-0.15, -0.1) is 6.42 Å². The van der Waals surface area contributed by atoms with Gasteiger partial charge in [0.15, 0.2) is 0 Å². The standard InChI is InChI=1S/C14H15NO5S/c1-3-11-8-12(9-15(11)14(16)17)20-21(18,19)13-6-4-10(2)5-7-13/h1,4-7,11-12H,8-9H2,2H3,(H,16,17)/t11-,12+/m1/s1. The van der Waals surface area contributed by atoms with Crippen LogP contribution in [-0.2, 0) is 14.3 Å². The van der Waals surface area contributed by atoms with Crippen LogP contribution >= 0.6 is 0 Å². The van der Waals surface area contributed by atoms with Crippen molar-refractivity contribution in [3.05, 3.63) is 29.8 Å². The first-order valence-electron chi connectivity index (χ1n) is 6.29. The Morgan fingerprint density at radius 3 is 2.52 bits per heavy atom. The molecule has 1 aromatic rings. The van der Waals surface area contributed by atoms with E-state index in [2.05, 4.69) is 5.92 Å². The summed E-state index contributed by atoms with van der Waals surface area (Å²) in [6.07, 6.45) is 3.46. The molecule has 1 amide bonds. The van der Waals surface area contributed by atoms with Crippen molar-refractivity contribution in [3.63, 3.8) is 0 Å². The lowest BCUT2D eigenvalue weighted by Crippen LogP contribution is -2.34. The molecule has 1 aromatic carbocycles. The number of nitrogens with zero attached hydrogens (tertiary/aromatic N) is 1. The van der Waals surface area contributed by atoms with Crippen molar-refractivity contribution >= 4 is 16.2 Å². The van der Waals surface area contributed by atoms with Crippen molar-refractivity contribution in [2.24, 2.45) is 0 Å². The van der Waals surface area contributed by atoms with Gasteiger partial charge in [-0.2, -0.15) is 8.42 Å². The van der Waals surface area contributed by atoms with Gasteiger partial charge < -0.3 is 5.11 Å². The van der Waals surface area contributed by atoms with Crippen LogP contribution in [0.1, 0.15) is 12.0 Å². The molecule has 1 fully saturated rings. The molecular weight excluding hydrogens is 294 g/mol. The maximum Gasteiger partial charge on any atom is 0.408 e. The SMILES string of the molecule is C#C[C@@H]1C[C@H](OS(=O)(=O)c2ccc(C)cc2)CN1C(=O)O. The van der Waals surface area contributed by atoms with Gasteiger partial charge >= 0.3 is 6.09 Å². The lowest BCUT2D eigenvalue weighted by molar-refractivity contribution is 0.141. The Balaban J connectivity index is 2.13. The Hall–Kier alpha value is -2.04. The van der Waals surface area contributed by atoms with Crippen LogP contribution in [0.3, 0.4) is 0 Å². The predicted octanol–water partition coefficient (Wildman–Crippen LogP) is 1.45. The molecule has 112 valence electrons. The number of rotatable bonds is 3. The van der Waals surface area contributed by atoms with Gasteiger partial charge in [0, 0.05) is 6.42 Å². The number of hydrogen-bond donors (Lipinski definition) is 1. The summed E-state index contributed by atoms with van der Waals surface area (Å²) in [6.45, 7) is 1.78. The fraction of sp³-hybridized carbons (Fsp3) is 0.357. The fourth-order valence-electron chi connectivity index (χ4n) is 2.18. The Kier molecular flexibility index (Phi) is 4.21. The molecule has 1 aliphatic heterocycles. The average Bonchev–Trinajstić information content (AvgIpc) is 2.81. The summed E-state index contributed by atoms with van der Waals surface area (Å²) in [4.78, 5) is 12.1. The second-order valence-corrected chi connectivity index (χ2v) is 6.41. The highest BCUT2D eigenvalue weighted by atomic mass is 32.2. The van der Waals surface area contributed by atoms with E-state index in [1.807, 2.05) is 6.92 Å². The highest BCUT2D eigenvalue weighted by Crippen LogP contribution is 2.24. The lowest BCUT2D eigenvalue weighted by Gasteiger charge is -2.15. The summed E-state index contributed by atoms with van der Waals surface area (Å²) in [6, 6.07) is 5.57. The average molecular weight is 309 g/mol. The molecule has 7 heteroatoms. The molecular formula is C14H15NO5S. The largest absolute Gasteiger partial charge is 0.465 e. The van der Waals surface area contributed by atoms with E-state index in [1.165, 1.54) is 12.1 Å². The van der Waals surface area contributed by atoms with Crippen LogP contribution in [0.5, 0.6) is 0 Å². The number of carbonyl (C=O) groups is 1. The zero-order chi connectivity index (χ0) is 15.6. The highest BCUT2D eigenvalue weighted by molar-refractivity contribution is 7.86. The van der Waals surface area contributed by atoms with Crippen LogP contribution in [0.2, 0.25) is 0 Å². The quantitative estimate of drug-likeness (QED) is 0.675. The third-order valence-electron chi connectivity index (χ3n) is 3.27. The van der Waals surface area contributed by atoms with E-state index in [-0.39, 0.29) is 17.9 Å². The van der Waals surface area contributed by atoms with E-state index in [9.17, 15) is 13.2 Å². The smallest absolute Gasteiger partial charge is 0.408 e. The Labute approximate surface area is 123 Å². The Bertz CT molecular complexity index is 674. The van der Waals surface area contributed by atoms with Crippen molar-refractivity contribution in [1.82, 2.24) is 4.90 Å². The number of carboxylic acid groups (broad SMARTS) is 1. The molecule has 1 saturated heterocycles. The third-order valence-corrected chi connectivity index (χ3v) is 4.65. The summed E-state index contributed by atoms with van der Waals surface area (Å²) in [7, 11) is -3.93. The number of amides is 1. The van der Waals surface area contributed by atoms with Crippen molar-refractivity contribution in [3.8, 4) is 12.3 Å². The molecule has 0 unspecified atom stereocenters. The second-order valence-electron chi connectivity index (χ2n) is 4.84. The van der Waals surface area contributed by atoms with Gasteiger partial charge in [-0.05, 0) is 19.1 Å². The van der Waals surface area contributed by atoms with Crippen molar-refractivity contribution in [2.45, 2.75) is 30.4 Å². The summed E-state index contributed by atoms with van der Waals surface area (Å²) in [5, 5.41) is 9.00. The van der Waals surface area contributed by atoms with Gasteiger partial charge in [0.2, 0.25) is 0 Å². The predicted molar refractivity (Wildman–Crippen MR) is 75.2 cm³/mol. The fourth-order valence-corrected chi connectivity index (χ4v) is 3.25. The van der Waals surface area contributed by atoms with Gasteiger partial charge in [-0.25, -0.2) is 4.79 Å². The molecule has 0 spiro atoms. The topological polar surface area (TPSA) is 83.9 Å². The minimum atomic E-state index is -3.93. The van der Waals surface area contributed by atoms with Gasteiger partial charge in [0.05, 0.1) is 23.6 Å². The highest BCUT2D eigenvalue weighted by Gasteiger charge is 2.37. The van der Waals surface area contributed by atoms with Crippen LogP contribution in [-0.4, -0.2) is 43.2 Å². The number of likely N-dealkylation sites (tertiary alicyclic amines) is 1. The molecule has 1 heterocycles. The van der Waals surface area contributed by atoms with E-state index < -0.39 is 28.4 Å². The summed E-state index contributed by atoms with van der Waals surface area (Å²) in [5.41, 5.74) is 0.930. The monoisotopic (exact) mass is 309 g/mol. The van der Waals surface area contributed by atoms with Crippen molar-refractivity contribution in [2.75, 3.05) is 6.54 Å². The number of aryl methyl sites for hydroxylation is 1. The van der Waals surface area contributed by atoms with Gasteiger partial charge in [-0.1, -0.05) is 23.6 Å². The maximum absolute atomic E-state index is 12.1. The molecule has 2 rings (SSSR count). The van der Waals surface area contributed by atoms with E-state index in [0.717, 1.165) is 10.5 Å². The second kappa shape index (κ2) is 5.76. The minimum absolute atomic E-state index is 0.0409. The number of benzene rings is 1. The van der Waals surface area contributed by atoms with Crippen LogP contribution in [0.4, 0.5) is 4.79 Å². The van der Waals surface area contributed by atoms with Crippen LogP contribution in [0.15, 0.2) is 29.2 Å². The number of terminal acetylenes is 1. The van der Waals surface area contributed by atoms with E-state index >= 15 is 0 Å². The molecule has 0 saturated carbocycles. The van der Waals surface area contributed by atoms with E-state index in [4.69, 9.17) is 15.7 Å². The number of hydrogen-bond acceptors (Lipinski definition) is 4. The summed E-state index contributed by atoms with van der Waals surface area (Å²) >= 11 is 0. The maximum atomic E-state index is 12.1. The first-order chi connectivity index (χ1) is 9.83. The molecule has 1 aliphatic rings. The van der Waals surface area contributed by atoms with E-state index in [0.29, 0.717) is 0 Å². The normalized spacial score (nSPS) is 22.0. The lowest BCUT2D eigenvalue weighted by atomic mass is 10.2. The minimum Gasteiger partial charge on any atom is -0.465 e. The molecule has 2 atom stereocenters. The van der Waals surface area contributed by atoms with Crippen molar-refractivity contribution < 1.29 is 22.5 Å². The Morgan fingerprint density at radius 2 is 2.05 bits per heavy atom. The van der Waals surface area contributed by atoms with E-state index in [1.54, 1.807) is 12.1 Å². The molecule has 0 aliphatic carbocycles. The van der Waals surface area contributed by atoms with Crippen molar-refractivity contribution in [1.29, 1.82) is 0 Å². The third kappa shape index (κ3) is 3.35.